The maximum atomic E-state index is 12.8. The molecule has 25 heavy (non-hydrogen) atoms. The van der Waals surface area contributed by atoms with Crippen molar-refractivity contribution in [3.8, 4) is 17.0 Å². The van der Waals surface area contributed by atoms with Crippen molar-refractivity contribution in [3.63, 3.8) is 0 Å². The number of rotatable bonds is 3. The van der Waals surface area contributed by atoms with E-state index in [1.54, 1.807) is 23.6 Å². The zero-order valence-electron chi connectivity index (χ0n) is 13.9. The molecule has 0 unspecified atom stereocenters. The van der Waals surface area contributed by atoms with E-state index in [9.17, 15) is 4.79 Å². The number of nitrogens with zero attached hydrogens (tertiary/aromatic N) is 2. The molecular weight excluding hydrogens is 334 g/mol. The molecule has 0 spiro atoms. The predicted molar refractivity (Wildman–Crippen MR) is 99.2 cm³/mol. The van der Waals surface area contributed by atoms with Crippen molar-refractivity contribution >= 4 is 23.4 Å². The van der Waals surface area contributed by atoms with Gasteiger partial charge >= 0.3 is 0 Å². The highest BCUT2D eigenvalue weighted by molar-refractivity contribution is 7.98. The lowest BCUT2D eigenvalue weighted by atomic mass is 10.1. The minimum atomic E-state index is -0.221. The second-order valence-corrected chi connectivity index (χ2v) is 6.76. The number of carbonyl (C=O) groups excluding carboxylic acids is 1. The summed E-state index contributed by atoms with van der Waals surface area (Å²) < 4.78 is 7.10. The van der Waals surface area contributed by atoms with Crippen molar-refractivity contribution in [3.05, 3.63) is 59.8 Å². The number of para-hydroxylation sites is 2. The Kier molecular flexibility index (Phi) is 3.97. The van der Waals surface area contributed by atoms with Gasteiger partial charge in [-0.15, -0.1) is 11.8 Å². The van der Waals surface area contributed by atoms with Gasteiger partial charge in [-0.1, -0.05) is 30.3 Å². The number of fused-ring (bicyclic) bond motifs is 3. The number of carbonyl (C=O) groups is 1. The number of anilines is 1. The van der Waals surface area contributed by atoms with Crippen LogP contribution in [0.2, 0.25) is 0 Å². The quantitative estimate of drug-likeness (QED) is 0.776. The molecule has 2 aromatic carbocycles. The summed E-state index contributed by atoms with van der Waals surface area (Å²) in [5.74, 6) is 1.14. The first-order valence-electron chi connectivity index (χ1n) is 7.91. The molecule has 3 aromatic rings. The first-order chi connectivity index (χ1) is 12.2. The highest BCUT2D eigenvalue weighted by Crippen LogP contribution is 2.42. The second kappa shape index (κ2) is 6.29. The van der Waals surface area contributed by atoms with E-state index in [1.807, 2.05) is 43.4 Å². The smallest absolute Gasteiger partial charge is 0.276 e. The van der Waals surface area contributed by atoms with Crippen LogP contribution < -0.4 is 10.1 Å². The van der Waals surface area contributed by atoms with E-state index in [4.69, 9.17) is 4.74 Å². The van der Waals surface area contributed by atoms with Gasteiger partial charge < -0.3 is 10.1 Å². The first kappa shape index (κ1) is 15.8. The van der Waals surface area contributed by atoms with Gasteiger partial charge in [-0.3, -0.25) is 9.48 Å². The number of aromatic nitrogens is 2. The maximum Gasteiger partial charge on any atom is 0.276 e. The zero-order valence-corrected chi connectivity index (χ0v) is 14.8. The summed E-state index contributed by atoms with van der Waals surface area (Å²) in [5.41, 5.74) is 4.21. The molecule has 2 heterocycles. The summed E-state index contributed by atoms with van der Waals surface area (Å²) in [4.78, 5) is 14.0. The number of ether oxygens (including phenoxy) is 1. The van der Waals surface area contributed by atoms with E-state index in [2.05, 4.69) is 22.5 Å². The lowest BCUT2D eigenvalue weighted by Gasteiger charge is -2.17. The van der Waals surface area contributed by atoms with Gasteiger partial charge in [0.15, 0.2) is 5.69 Å². The molecule has 0 radical (unpaired) electrons. The summed E-state index contributed by atoms with van der Waals surface area (Å²) in [6.45, 7) is 0. The molecule has 0 aliphatic carbocycles. The Morgan fingerprint density at radius 2 is 1.96 bits per heavy atom. The predicted octanol–water partition coefficient (Wildman–Crippen LogP) is 3.95. The number of methoxy groups -OCH3 is 1. The standard InChI is InChI=1S/C19H17N3O2S/c1-22-18-12-7-3-6-10-16(12)25-11-13(18)17(21-22)19(23)20-14-8-4-5-9-15(14)24-2/h3-10H,11H2,1-2H3,(H,20,23). The highest BCUT2D eigenvalue weighted by Gasteiger charge is 2.27. The number of hydrogen-bond acceptors (Lipinski definition) is 4. The van der Waals surface area contributed by atoms with Crippen molar-refractivity contribution in [1.82, 2.24) is 9.78 Å². The van der Waals surface area contributed by atoms with Crippen LogP contribution in [0.25, 0.3) is 11.3 Å². The van der Waals surface area contributed by atoms with E-state index in [0.29, 0.717) is 17.1 Å². The molecule has 1 aromatic heterocycles. The molecule has 126 valence electrons. The molecule has 6 heteroatoms. The van der Waals surface area contributed by atoms with Crippen molar-refractivity contribution in [2.45, 2.75) is 10.6 Å². The highest BCUT2D eigenvalue weighted by atomic mass is 32.2. The van der Waals surface area contributed by atoms with Crippen LogP contribution >= 0.6 is 11.8 Å². The number of hydrogen-bond donors (Lipinski definition) is 1. The summed E-state index contributed by atoms with van der Waals surface area (Å²) >= 11 is 1.73. The van der Waals surface area contributed by atoms with Crippen LogP contribution in [-0.4, -0.2) is 22.8 Å². The van der Waals surface area contributed by atoms with Crippen molar-refractivity contribution in [2.24, 2.45) is 7.05 Å². The number of benzene rings is 2. The van der Waals surface area contributed by atoms with Gasteiger partial charge in [-0.2, -0.15) is 5.10 Å². The maximum absolute atomic E-state index is 12.8. The monoisotopic (exact) mass is 351 g/mol. The normalized spacial score (nSPS) is 12.2. The Morgan fingerprint density at radius 3 is 2.80 bits per heavy atom. The molecule has 1 N–H and O–H groups in total. The Morgan fingerprint density at radius 1 is 1.20 bits per heavy atom. The molecule has 0 saturated carbocycles. The van der Waals surface area contributed by atoms with Gasteiger partial charge in [-0.05, 0) is 18.2 Å². The summed E-state index contributed by atoms with van der Waals surface area (Å²) in [7, 11) is 3.46. The summed E-state index contributed by atoms with van der Waals surface area (Å²) in [6, 6.07) is 15.6. The van der Waals surface area contributed by atoms with Gasteiger partial charge in [0.05, 0.1) is 18.5 Å². The SMILES string of the molecule is COc1ccccc1NC(=O)c1nn(C)c2c1CSc1ccccc1-2. The Bertz CT molecular complexity index is 965. The fourth-order valence-electron chi connectivity index (χ4n) is 3.09. The summed E-state index contributed by atoms with van der Waals surface area (Å²) in [6.07, 6.45) is 0. The van der Waals surface area contributed by atoms with Crippen LogP contribution in [0, 0.1) is 0 Å². The first-order valence-corrected chi connectivity index (χ1v) is 8.90. The van der Waals surface area contributed by atoms with Crippen LogP contribution in [0.4, 0.5) is 5.69 Å². The van der Waals surface area contributed by atoms with E-state index in [0.717, 1.165) is 22.6 Å². The van der Waals surface area contributed by atoms with E-state index in [1.165, 1.54) is 4.90 Å². The molecule has 1 aliphatic heterocycles. The van der Waals surface area contributed by atoms with Crippen molar-refractivity contribution in [2.75, 3.05) is 12.4 Å². The molecule has 0 saturated heterocycles. The third-order valence-corrected chi connectivity index (χ3v) is 5.33. The lowest BCUT2D eigenvalue weighted by molar-refractivity contribution is 0.102. The minimum Gasteiger partial charge on any atom is -0.495 e. The largest absolute Gasteiger partial charge is 0.495 e. The van der Waals surface area contributed by atoms with E-state index in [-0.39, 0.29) is 5.91 Å². The lowest BCUT2D eigenvalue weighted by Crippen LogP contribution is -2.15. The van der Waals surface area contributed by atoms with Gasteiger partial charge in [0.1, 0.15) is 5.75 Å². The van der Waals surface area contributed by atoms with Gasteiger partial charge in [0.2, 0.25) is 0 Å². The van der Waals surface area contributed by atoms with Gasteiger partial charge in [0.25, 0.3) is 5.91 Å². The molecule has 5 nitrogen and oxygen atoms in total. The molecule has 0 fully saturated rings. The number of aryl methyl sites for hydroxylation is 1. The van der Waals surface area contributed by atoms with E-state index >= 15 is 0 Å². The molecule has 0 atom stereocenters. The average Bonchev–Trinajstić information content (AvgIpc) is 2.99. The third kappa shape index (κ3) is 2.68. The van der Waals surface area contributed by atoms with Crippen LogP contribution in [-0.2, 0) is 12.8 Å². The summed E-state index contributed by atoms with van der Waals surface area (Å²) in [5, 5.41) is 7.41. The Labute approximate surface area is 150 Å². The Hall–Kier alpha value is -2.73. The van der Waals surface area contributed by atoms with Gasteiger partial charge in [0, 0.05) is 28.8 Å². The number of amides is 1. The van der Waals surface area contributed by atoms with E-state index < -0.39 is 0 Å². The average molecular weight is 351 g/mol. The van der Waals surface area contributed by atoms with Crippen LogP contribution in [0.5, 0.6) is 5.75 Å². The van der Waals surface area contributed by atoms with Crippen molar-refractivity contribution in [1.29, 1.82) is 0 Å². The number of nitrogens with one attached hydrogen (secondary N) is 1. The molecule has 0 bridgehead atoms. The Balaban J connectivity index is 1.72. The van der Waals surface area contributed by atoms with Crippen molar-refractivity contribution < 1.29 is 9.53 Å². The van der Waals surface area contributed by atoms with Crippen LogP contribution in [0.15, 0.2) is 53.4 Å². The second-order valence-electron chi connectivity index (χ2n) is 5.74. The molecule has 4 rings (SSSR count). The topological polar surface area (TPSA) is 56.1 Å². The fourth-order valence-corrected chi connectivity index (χ4v) is 4.16. The van der Waals surface area contributed by atoms with Crippen LogP contribution in [0.3, 0.4) is 0 Å². The molecular formula is C19H17N3O2S. The molecule has 1 amide bonds. The fraction of sp³-hybridized carbons (Fsp3) is 0.158. The third-order valence-electron chi connectivity index (χ3n) is 4.23. The molecule has 1 aliphatic rings. The minimum absolute atomic E-state index is 0.221. The zero-order chi connectivity index (χ0) is 17.4. The van der Waals surface area contributed by atoms with Crippen LogP contribution in [0.1, 0.15) is 16.1 Å². The van der Waals surface area contributed by atoms with Gasteiger partial charge in [-0.25, -0.2) is 0 Å². The number of thioether (sulfide) groups is 1.